The average Bonchev–Trinajstić information content (AvgIpc) is 2.85. The van der Waals surface area contributed by atoms with Crippen molar-refractivity contribution in [3.8, 4) is 0 Å². The quantitative estimate of drug-likeness (QED) is 0.848. The molecule has 2 aliphatic rings. The van der Waals surface area contributed by atoms with Crippen molar-refractivity contribution in [2.24, 2.45) is 5.73 Å². The van der Waals surface area contributed by atoms with Crippen molar-refractivity contribution in [2.75, 3.05) is 7.05 Å². The maximum absolute atomic E-state index is 5.94. The Labute approximate surface area is 103 Å². The Hall–Kier alpha value is -0.870. The lowest BCUT2D eigenvalue weighted by Gasteiger charge is -2.24. The highest BCUT2D eigenvalue weighted by atomic mass is 15.3. The molecule has 3 rings (SSSR count). The van der Waals surface area contributed by atoms with Crippen LogP contribution >= 0.6 is 0 Å². The zero-order valence-electron chi connectivity index (χ0n) is 10.7. The molecule has 0 aromatic carbocycles. The minimum Gasteiger partial charge on any atom is -0.325 e. The van der Waals surface area contributed by atoms with E-state index in [-0.39, 0.29) is 0 Å². The second kappa shape index (κ2) is 4.42. The van der Waals surface area contributed by atoms with Crippen LogP contribution in [0.4, 0.5) is 0 Å². The van der Waals surface area contributed by atoms with Gasteiger partial charge in [-0.25, -0.2) is 0 Å². The van der Waals surface area contributed by atoms with E-state index in [2.05, 4.69) is 16.6 Å². The van der Waals surface area contributed by atoms with Crippen LogP contribution in [0.3, 0.4) is 0 Å². The maximum Gasteiger partial charge on any atom is 0.0813 e. The number of nitrogens with two attached hydrogens (primary N) is 1. The van der Waals surface area contributed by atoms with E-state index in [1.807, 2.05) is 0 Å². The molecule has 1 aliphatic heterocycles. The van der Waals surface area contributed by atoms with Crippen molar-refractivity contribution < 1.29 is 0 Å². The van der Waals surface area contributed by atoms with Crippen molar-refractivity contribution in [1.29, 1.82) is 0 Å². The minimum absolute atomic E-state index is 0.609. The highest BCUT2D eigenvalue weighted by Gasteiger charge is 2.27. The lowest BCUT2D eigenvalue weighted by Crippen LogP contribution is -2.20. The summed E-state index contributed by atoms with van der Waals surface area (Å²) in [5, 5.41) is 4.83. The molecule has 1 aliphatic carbocycles. The lowest BCUT2D eigenvalue weighted by atomic mass is 9.95. The number of fused-ring (bicyclic) bond motifs is 1. The fraction of sp³-hybridized carbons (Fsp3) is 0.769. The summed E-state index contributed by atoms with van der Waals surface area (Å²) in [7, 11) is 2.15. The molecule has 2 N–H and O–H groups in total. The average molecular weight is 234 g/mol. The SMILES string of the molecule is CN1Cc2nn(C3CCCCC3)c(CN)c2C1. The summed E-state index contributed by atoms with van der Waals surface area (Å²) in [5.74, 6) is 0. The van der Waals surface area contributed by atoms with E-state index < -0.39 is 0 Å². The summed E-state index contributed by atoms with van der Waals surface area (Å²) in [5.41, 5.74) is 9.89. The Bertz CT molecular complexity index is 404. The maximum atomic E-state index is 5.94. The van der Waals surface area contributed by atoms with Gasteiger partial charge in [-0.2, -0.15) is 5.10 Å². The third-order valence-electron chi connectivity index (χ3n) is 4.16. The summed E-state index contributed by atoms with van der Waals surface area (Å²) in [6, 6.07) is 0.609. The molecule has 4 heteroatoms. The number of nitrogens with zero attached hydrogens (tertiary/aromatic N) is 3. The molecule has 2 heterocycles. The molecule has 0 atom stereocenters. The summed E-state index contributed by atoms with van der Waals surface area (Å²) >= 11 is 0. The first-order valence-electron chi connectivity index (χ1n) is 6.77. The number of rotatable bonds is 2. The third kappa shape index (κ3) is 1.89. The fourth-order valence-corrected chi connectivity index (χ4v) is 3.29. The molecular formula is C13H22N4. The molecule has 0 bridgehead atoms. The molecule has 0 spiro atoms. The van der Waals surface area contributed by atoms with Crippen LogP contribution in [-0.4, -0.2) is 21.7 Å². The van der Waals surface area contributed by atoms with Gasteiger partial charge in [-0.15, -0.1) is 0 Å². The highest BCUT2D eigenvalue weighted by Crippen LogP contribution is 2.32. The topological polar surface area (TPSA) is 47.1 Å². The largest absolute Gasteiger partial charge is 0.325 e. The number of hydrogen-bond donors (Lipinski definition) is 1. The van der Waals surface area contributed by atoms with Gasteiger partial charge < -0.3 is 5.73 Å². The van der Waals surface area contributed by atoms with E-state index >= 15 is 0 Å². The summed E-state index contributed by atoms with van der Waals surface area (Å²) in [6.45, 7) is 2.64. The molecule has 0 radical (unpaired) electrons. The number of aromatic nitrogens is 2. The van der Waals surface area contributed by atoms with Crippen molar-refractivity contribution in [1.82, 2.24) is 14.7 Å². The van der Waals surface area contributed by atoms with Crippen molar-refractivity contribution in [3.05, 3.63) is 17.0 Å². The number of hydrogen-bond acceptors (Lipinski definition) is 3. The highest BCUT2D eigenvalue weighted by molar-refractivity contribution is 5.30. The molecule has 0 amide bonds. The Morgan fingerprint density at radius 1 is 1.24 bits per heavy atom. The van der Waals surface area contributed by atoms with Crippen LogP contribution in [0.5, 0.6) is 0 Å². The summed E-state index contributed by atoms with van der Waals surface area (Å²) in [6.07, 6.45) is 6.64. The molecule has 0 saturated heterocycles. The second-order valence-corrected chi connectivity index (χ2v) is 5.48. The van der Waals surface area contributed by atoms with Crippen molar-refractivity contribution in [2.45, 2.75) is 57.8 Å². The Morgan fingerprint density at radius 2 is 2.00 bits per heavy atom. The molecule has 4 nitrogen and oxygen atoms in total. The Morgan fingerprint density at radius 3 is 2.71 bits per heavy atom. The Balaban J connectivity index is 1.92. The van der Waals surface area contributed by atoms with Crippen LogP contribution in [0.1, 0.15) is 55.1 Å². The summed E-state index contributed by atoms with van der Waals surface area (Å²) < 4.78 is 2.26. The Kier molecular flexibility index (Phi) is 2.92. The first-order chi connectivity index (χ1) is 8.29. The van der Waals surface area contributed by atoms with E-state index in [4.69, 9.17) is 10.8 Å². The van der Waals surface area contributed by atoms with Gasteiger partial charge in [-0.1, -0.05) is 19.3 Å². The van der Waals surface area contributed by atoms with E-state index in [1.54, 1.807) is 0 Å². The van der Waals surface area contributed by atoms with E-state index in [0.717, 1.165) is 13.1 Å². The molecule has 1 fully saturated rings. The van der Waals surface area contributed by atoms with Gasteiger partial charge in [0.2, 0.25) is 0 Å². The van der Waals surface area contributed by atoms with Gasteiger partial charge in [0.05, 0.1) is 17.4 Å². The van der Waals surface area contributed by atoms with Crippen LogP contribution < -0.4 is 5.73 Å². The first-order valence-corrected chi connectivity index (χ1v) is 6.77. The molecule has 17 heavy (non-hydrogen) atoms. The fourth-order valence-electron chi connectivity index (χ4n) is 3.29. The van der Waals surface area contributed by atoms with Gasteiger partial charge in [0.25, 0.3) is 0 Å². The molecular weight excluding hydrogens is 212 g/mol. The first kappa shape index (κ1) is 11.2. The van der Waals surface area contributed by atoms with Gasteiger partial charge in [0.1, 0.15) is 0 Å². The molecule has 1 aromatic rings. The van der Waals surface area contributed by atoms with Crippen LogP contribution in [0.2, 0.25) is 0 Å². The predicted octanol–water partition coefficient (Wildman–Crippen LogP) is 1.79. The van der Waals surface area contributed by atoms with Crippen LogP contribution in [0.15, 0.2) is 0 Å². The summed E-state index contributed by atoms with van der Waals surface area (Å²) in [4.78, 5) is 2.31. The smallest absolute Gasteiger partial charge is 0.0813 e. The van der Waals surface area contributed by atoms with Crippen LogP contribution in [-0.2, 0) is 19.6 Å². The zero-order chi connectivity index (χ0) is 11.8. The van der Waals surface area contributed by atoms with Gasteiger partial charge in [-0.05, 0) is 19.9 Å². The van der Waals surface area contributed by atoms with E-state index in [1.165, 1.54) is 49.1 Å². The molecule has 1 aromatic heterocycles. The second-order valence-electron chi connectivity index (χ2n) is 5.48. The lowest BCUT2D eigenvalue weighted by molar-refractivity contribution is 0.305. The van der Waals surface area contributed by atoms with Crippen molar-refractivity contribution >= 4 is 0 Å². The van der Waals surface area contributed by atoms with Crippen LogP contribution in [0.25, 0.3) is 0 Å². The predicted molar refractivity (Wildman–Crippen MR) is 67.4 cm³/mol. The van der Waals surface area contributed by atoms with Gasteiger partial charge in [-0.3, -0.25) is 9.58 Å². The van der Waals surface area contributed by atoms with Gasteiger partial charge in [0, 0.05) is 25.2 Å². The molecule has 94 valence electrons. The monoisotopic (exact) mass is 234 g/mol. The molecule has 1 saturated carbocycles. The minimum atomic E-state index is 0.609. The van der Waals surface area contributed by atoms with E-state index in [0.29, 0.717) is 12.6 Å². The van der Waals surface area contributed by atoms with Crippen LogP contribution in [0, 0.1) is 0 Å². The van der Waals surface area contributed by atoms with Gasteiger partial charge in [0.15, 0.2) is 0 Å². The third-order valence-corrected chi connectivity index (χ3v) is 4.16. The standard InChI is InChI=1S/C13H22N4/c1-16-8-11-12(9-16)15-17(13(11)7-14)10-5-3-2-4-6-10/h10H,2-9,14H2,1H3. The van der Waals surface area contributed by atoms with Gasteiger partial charge >= 0.3 is 0 Å². The zero-order valence-corrected chi connectivity index (χ0v) is 10.7. The normalized spacial score (nSPS) is 22.0. The van der Waals surface area contributed by atoms with E-state index in [9.17, 15) is 0 Å². The van der Waals surface area contributed by atoms with Crippen molar-refractivity contribution in [3.63, 3.8) is 0 Å². The molecule has 0 unspecified atom stereocenters.